The molecule has 0 saturated carbocycles. The fraction of sp³-hybridized carbons (Fsp3) is 0.349. The largest absolute Gasteiger partial charge is 0.453 e. The third-order valence-corrected chi connectivity index (χ3v) is 11.1. The Labute approximate surface area is 324 Å². The topological polar surface area (TPSA) is 162 Å². The van der Waals surface area contributed by atoms with Crippen LogP contribution in [0.5, 0.6) is 0 Å². The maximum Gasteiger partial charge on any atom is 0.407 e. The van der Waals surface area contributed by atoms with Crippen molar-refractivity contribution in [2.24, 2.45) is 5.92 Å². The molecule has 0 unspecified atom stereocenters. The lowest BCUT2D eigenvalue weighted by Crippen LogP contribution is -2.51. The first-order valence-electron chi connectivity index (χ1n) is 19.3. The van der Waals surface area contributed by atoms with Gasteiger partial charge in [0.2, 0.25) is 17.7 Å². The van der Waals surface area contributed by atoms with Gasteiger partial charge in [-0.1, -0.05) is 62.4 Å². The molecule has 13 nitrogen and oxygen atoms in total. The van der Waals surface area contributed by atoms with Gasteiger partial charge in [0.15, 0.2) is 5.58 Å². The Morgan fingerprint density at radius 1 is 0.786 bits per heavy atom. The van der Waals surface area contributed by atoms with Gasteiger partial charge in [0.05, 0.1) is 48.9 Å². The molecule has 13 heteroatoms. The average Bonchev–Trinajstić information content (AvgIpc) is 4.08. The summed E-state index contributed by atoms with van der Waals surface area (Å²) in [4.78, 5) is 63.9. The van der Waals surface area contributed by atoms with Gasteiger partial charge in [0.1, 0.15) is 23.2 Å². The second-order valence-corrected chi connectivity index (χ2v) is 15.0. The summed E-state index contributed by atoms with van der Waals surface area (Å²) in [6, 6.07) is 22.7. The number of hydrogen-bond donors (Lipinski definition) is 3. The van der Waals surface area contributed by atoms with E-state index in [2.05, 4.69) is 20.3 Å². The molecule has 0 radical (unpaired) electrons. The lowest BCUT2D eigenvalue weighted by molar-refractivity contribution is -0.135. The van der Waals surface area contributed by atoms with Crippen LogP contribution >= 0.6 is 0 Å². The van der Waals surface area contributed by atoms with E-state index in [1.54, 1.807) is 11.1 Å². The van der Waals surface area contributed by atoms with E-state index >= 15 is 0 Å². The molecule has 0 bridgehead atoms. The van der Waals surface area contributed by atoms with Gasteiger partial charge in [-0.05, 0) is 73.9 Å². The van der Waals surface area contributed by atoms with Crippen LogP contribution in [-0.4, -0.2) is 78.9 Å². The number of H-pyrrole nitrogens is 2. The molecule has 0 spiro atoms. The van der Waals surface area contributed by atoms with Gasteiger partial charge in [-0.25, -0.2) is 19.7 Å². The van der Waals surface area contributed by atoms with Crippen LogP contribution in [0.15, 0.2) is 89.6 Å². The number of fused-ring (bicyclic) bond motifs is 1. The molecule has 0 aliphatic carbocycles. The van der Waals surface area contributed by atoms with Gasteiger partial charge in [-0.15, -0.1) is 0 Å². The number of carbonyl (C=O) groups is 3. The molecule has 288 valence electrons. The zero-order valence-electron chi connectivity index (χ0n) is 32.0. The predicted molar refractivity (Wildman–Crippen MR) is 211 cm³/mol. The van der Waals surface area contributed by atoms with Gasteiger partial charge in [-0.2, -0.15) is 0 Å². The molecule has 6 aromatic rings. The number of likely N-dealkylation sites (tertiary alicyclic amines) is 2. The van der Waals surface area contributed by atoms with Crippen molar-refractivity contribution in [3.05, 3.63) is 102 Å². The molecule has 3 amide bonds. The van der Waals surface area contributed by atoms with E-state index in [9.17, 15) is 14.4 Å². The fourth-order valence-electron chi connectivity index (χ4n) is 7.95. The number of amides is 3. The van der Waals surface area contributed by atoms with Crippen molar-refractivity contribution < 1.29 is 23.5 Å². The van der Waals surface area contributed by atoms with Crippen molar-refractivity contribution in [1.82, 2.24) is 40.0 Å². The number of carbonyl (C=O) groups excluding carboxylic acids is 3. The number of nitrogens with zero attached hydrogens (tertiary/aromatic N) is 5. The fourth-order valence-corrected chi connectivity index (χ4v) is 7.95. The summed E-state index contributed by atoms with van der Waals surface area (Å²) >= 11 is 0. The minimum absolute atomic E-state index is 0.0970. The van der Waals surface area contributed by atoms with E-state index in [1.807, 2.05) is 105 Å². The molecule has 2 saturated heterocycles. The quantitative estimate of drug-likeness (QED) is 0.128. The normalized spacial score (nSPS) is 18.1. The van der Waals surface area contributed by atoms with Crippen molar-refractivity contribution >= 4 is 29.0 Å². The first-order chi connectivity index (χ1) is 27.2. The number of benzene rings is 3. The molecule has 3 aromatic carbocycles. The monoisotopic (exact) mass is 754 g/mol. The lowest BCUT2D eigenvalue weighted by atomic mass is 9.99. The van der Waals surface area contributed by atoms with Gasteiger partial charge < -0.3 is 34.2 Å². The number of aromatic nitrogens is 5. The maximum atomic E-state index is 13.5. The maximum absolute atomic E-state index is 13.5. The van der Waals surface area contributed by atoms with E-state index in [0.29, 0.717) is 30.4 Å². The zero-order chi connectivity index (χ0) is 38.9. The average molecular weight is 755 g/mol. The smallest absolute Gasteiger partial charge is 0.407 e. The van der Waals surface area contributed by atoms with Crippen LogP contribution in [0.1, 0.15) is 81.7 Å². The number of imidazole rings is 2. The van der Waals surface area contributed by atoms with Gasteiger partial charge in [0.25, 0.3) is 0 Å². The van der Waals surface area contributed by atoms with Crippen molar-refractivity contribution in [2.75, 3.05) is 20.2 Å². The van der Waals surface area contributed by atoms with Crippen molar-refractivity contribution in [3.63, 3.8) is 0 Å². The third kappa shape index (κ3) is 7.16. The highest BCUT2D eigenvalue weighted by Crippen LogP contribution is 2.36. The molecule has 5 heterocycles. The van der Waals surface area contributed by atoms with Crippen molar-refractivity contribution in [3.8, 4) is 34.0 Å². The van der Waals surface area contributed by atoms with Crippen LogP contribution in [0.25, 0.3) is 45.1 Å². The minimum atomic E-state index is -0.692. The number of aromatic amines is 2. The van der Waals surface area contributed by atoms with Gasteiger partial charge in [-0.3, -0.25) is 9.59 Å². The van der Waals surface area contributed by atoms with Crippen molar-refractivity contribution in [2.45, 2.75) is 70.5 Å². The summed E-state index contributed by atoms with van der Waals surface area (Å²) in [6.45, 7) is 7.07. The number of ether oxygens (including phenoxy) is 1. The predicted octanol–water partition coefficient (Wildman–Crippen LogP) is 7.79. The van der Waals surface area contributed by atoms with E-state index in [0.717, 1.165) is 70.7 Å². The Morgan fingerprint density at radius 3 is 2.00 bits per heavy atom. The summed E-state index contributed by atoms with van der Waals surface area (Å²) in [5.74, 6) is 1.64. The minimum Gasteiger partial charge on any atom is -0.453 e. The first kappa shape index (κ1) is 36.7. The van der Waals surface area contributed by atoms with E-state index in [1.165, 1.54) is 7.11 Å². The van der Waals surface area contributed by atoms with Gasteiger partial charge >= 0.3 is 6.09 Å². The number of alkyl carbamates (subject to hydrolysis) is 1. The lowest BCUT2D eigenvalue weighted by Gasteiger charge is -2.30. The summed E-state index contributed by atoms with van der Waals surface area (Å²) in [6.07, 6.45) is 6.39. The highest BCUT2D eigenvalue weighted by molar-refractivity contribution is 5.87. The van der Waals surface area contributed by atoms with Crippen molar-refractivity contribution in [1.29, 1.82) is 0 Å². The molecule has 3 N–H and O–H groups in total. The van der Waals surface area contributed by atoms with Crippen LogP contribution in [-0.2, 0) is 14.3 Å². The SMILES string of the molecule is COC(=O)N[C@H](C(=O)N1CCC[C@H]1c1ncc(-c2ccc(-c3nc4ccc(-c5cnc([C@@H]6CCCN6C(=O)[C@H](C)c6ccccc6)[nH]5)cc4o3)cc2)[nH]1)C(C)C. The molecule has 56 heavy (non-hydrogen) atoms. The Morgan fingerprint density at radius 2 is 1.38 bits per heavy atom. The van der Waals surface area contributed by atoms with Gasteiger partial charge in [0, 0.05) is 24.2 Å². The van der Waals surface area contributed by atoms with Crippen LogP contribution in [0.4, 0.5) is 4.79 Å². The zero-order valence-corrected chi connectivity index (χ0v) is 32.0. The Kier molecular flexibility index (Phi) is 10.2. The molecular formula is C43H46N8O5. The van der Waals surface area contributed by atoms with E-state index in [-0.39, 0.29) is 35.7 Å². The second-order valence-electron chi connectivity index (χ2n) is 15.0. The number of hydrogen-bond acceptors (Lipinski definition) is 8. The molecule has 2 fully saturated rings. The summed E-state index contributed by atoms with van der Waals surface area (Å²) in [5, 5.41) is 2.69. The van der Waals surface area contributed by atoms with Crippen LogP contribution in [0.2, 0.25) is 0 Å². The van der Waals surface area contributed by atoms with E-state index in [4.69, 9.17) is 19.1 Å². The number of oxazole rings is 1. The second kappa shape index (κ2) is 15.5. The standard InChI is InChI=1S/C43H46N8O5/c1-25(2)37(49-43(54)55-4)42(53)51-21-9-13-35(51)39-44-23-32(46-39)28-14-16-29(17-15-28)40-48-31-19-18-30(22-36(31)56-40)33-24-45-38(47-33)34-12-8-20-50(34)41(52)26(3)27-10-6-5-7-11-27/h5-7,10-11,14-19,22-26,34-35,37H,8-9,12-13,20-21H2,1-4H3,(H,44,46)(H,45,47)(H,49,54)/t26-,34+,35+,37+/m1/s1. The van der Waals surface area contributed by atoms with Crippen LogP contribution in [0, 0.1) is 5.92 Å². The Balaban J connectivity index is 0.949. The highest BCUT2D eigenvalue weighted by Gasteiger charge is 2.38. The number of nitrogens with one attached hydrogen (secondary N) is 3. The molecule has 4 atom stereocenters. The summed E-state index contributed by atoms with van der Waals surface area (Å²) in [7, 11) is 1.29. The molecule has 2 aliphatic rings. The summed E-state index contributed by atoms with van der Waals surface area (Å²) in [5.41, 5.74) is 6.77. The molecule has 3 aromatic heterocycles. The number of methoxy groups -OCH3 is 1. The summed E-state index contributed by atoms with van der Waals surface area (Å²) < 4.78 is 11.0. The third-order valence-electron chi connectivity index (χ3n) is 11.1. The van der Waals surface area contributed by atoms with Crippen LogP contribution in [0.3, 0.4) is 0 Å². The molecule has 2 aliphatic heterocycles. The molecule has 8 rings (SSSR count). The number of rotatable bonds is 10. The van der Waals surface area contributed by atoms with Crippen LogP contribution < -0.4 is 5.32 Å². The Hall–Kier alpha value is -6.24. The molecular weight excluding hydrogens is 709 g/mol. The Bertz CT molecular complexity index is 2350. The first-order valence-corrected chi connectivity index (χ1v) is 19.3. The van der Waals surface area contributed by atoms with E-state index < -0.39 is 12.1 Å². The highest BCUT2D eigenvalue weighted by atomic mass is 16.5.